The Kier molecular flexibility index (Phi) is 5.60. The van der Waals surface area contributed by atoms with Gasteiger partial charge in [-0.25, -0.2) is 0 Å². The maximum atomic E-state index is 5.88. The molecule has 16 heavy (non-hydrogen) atoms. The van der Waals surface area contributed by atoms with E-state index in [-0.39, 0.29) is 6.10 Å². The molecule has 0 aliphatic heterocycles. The zero-order valence-corrected chi connectivity index (χ0v) is 10.6. The third-order valence-corrected chi connectivity index (χ3v) is 2.45. The van der Waals surface area contributed by atoms with Crippen LogP contribution in [0.2, 0.25) is 5.02 Å². The second-order valence-electron chi connectivity index (χ2n) is 3.94. The first-order valence-corrected chi connectivity index (χ1v) is 5.80. The van der Waals surface area contributed by atoms with Gasteiger partial charge >= 0.3 is 0 Å². The molecule has 4 heteroatoms. The van der Waals surface area contributed by atoms with Gasteiger partial charge in [-0.1, -0.05) is 17.7 Å². The molecule has 0 bridgehead atoms. The molecule has 0 amide bonds. The second kappa shape index (κ2) is 6.74. The molecule has 0 aliphatic rings. The average molecular weight is 243 g/mol. The normalized spacial score (nSPS) is 12.8. The zero-order chi connectivity index (χ0) is 12.0. The molecule has 3 nitrogen and oxygen atoms in total. The number of nitrogens with zero attached hydrogens (tertiary/aromatic N) is 1. The van der Waals surface area contributed by atoms with Gasteiger partial charge in [-0.2, -0.15) is 0 Å². The Morgan fingerprint density at radius 3 is 2.88 bits per heavy atom. The van der Waals surface area contributed by atoms with E-state index in [1.165, 1.54) is 0 Å². The number of benzene rings is 1. The van der Waals surface area contributed by atoms with Crippen LogP contribution in [0.5, 0.6) is 5.75 Å². The van der Waals surface area contributed by atoms with Crippen molar-refractivity contribution in [1.82, 2.24) is 4.90 Å². The zero-order valence-electron chi connectivity index (χ0n) is 9.82. The number of nitrogens with two attached hydrogens (primary N) is 1. The molecule has 1 unspecified atom stereocenters. The van der Waals surface area contributed by atoms with Crippen molar-refractivity contribution < 1.29 is 4.74 Å². The summed E-state index contributed by atoms with van der Waals surface area (Å²) in [5.41, 5.74) is 5.48. The van der Waals surface area contributed by atoms with Crippen LogP contribution >= 0.6 is 11.6 Å². The van der Waals surface area contributed by atoms with Crippen LogP contribution in [0.15, 0.2) is 24.3 Å². The molecule has 0 fully saturated rings. The highest BCUT2D eigenvalue weighted by molar-refractivity contribution is 6.30. The van der Waals surface area contributed by atoms with Gasteiger partial charge in [-0.15, -0.1) is 0 Å². The fraction of sp³-hybridized carbons (Fsp3) is 0.500. The van der Waals surface area contributed by atoms with E-state index in [1.807, 2.05) is 38.2 Å². The van der Waals surface area contributed by atoms with Gasteiger partial charge in [-0.3, -0.25) is 0 Å². The van der Waals surface area contributed by atoms with E-state index in [0.29, 0.717) is 11.6 Å². The first-order chi connectivity index (χ1) is 7.61. The number of halogens is 1. The summed E-state index contributed by atoms with van der Waals surface area (Å²) < 4.78 is 5.75. The quantitative estimate of drug-likeness (QED) is 0.829. The molecular formula is C12H19ClN2O. The lowest BCUT2D eigenvalue weighted by molar-refractivity contribution is 0.164. The highest BCUT2D eigenvalue weighted by atomic mass is 35.5. The maximum Gasteiger partial charge on any atom is 0.121 e. The molecule has 90 valence electrons. The predicted octanol–water partition coefficient (Wildman–Crippen LogP) is 2.00. The van der Waals surface area contributed by atoms with E-state index in [0.717, 1.165) is 18.8 Å². The standard InChI is InChI=1S/C12H19ClN2O/c1-10(9-15(2)7-6-14)16-12-5-3-4-11(13)8-12/h3-5,8,10H,6-7,9,14H2,1-2H3. The lowest BCUT2D eigenvalue weighted by atomic mass is 10.3. The molecule has 0 saturated carbocycles. The molecule has 1 aromatic carbocycles. The summed E-state index contributed by atoms with van der Waals surface area (Å²) in [4.78, 5) is 2.15. The summed E-state index contributed by atoms with van der Waals surface area (Å²) in [6, 6.07) is 7.44. The molecule has 0 saturated heterocycles. The number of likely N-dealkylation sites (N-methyl/N-ethyl adjacent to an activating group) is 1. The average Bonchev–Trinajstić information content (AvgIpc) is 2.17. The first-order valence-electron chi connectivity index (χ1n) is 5.42. The van der Waals surface area contributed by atoms with E-state index in [4.69, 9.17) is 22.1 Å². The van der Waals surface area contributed by atoms with Gasteiger partial charge in [0.1, 0.15) is 11.9 Å². The molecule has 0 aromatic heterocycles. The van der Waals surface area contributed by atoms with Gasteiger partial charge in [0.05, 0.1) is 0 Å². The summed E-state index contributed by atoms with van der Waals surface area (Å²) in [7, 11) is 2.03. The van der Waals surface area contributed by atoms with Gasteiger partial charge in [0.2, 0.25) is 0 Å². The molecular weight excluding hydrogens is 224 g/mol. The third kappa shape index (κ3) is 4.84. The van der Waals surface area contributed by atoms with Gasteiger partial charge < -0.3 is 15.4 Å². The molecule has 0 radical (unpaired) electrons. The van der Waals surface area contributed by atoms with Crippen LogP contribution in [0.25, 0.3) is 0 Å². The Hall–Kier alpha value is -0.770. The lowest BCUT2D eigenvalue weighted by Gasteiger charge is -2.21. The Morgan fingerprint density at radius 1 is 1.50 bits per heavy atom. The van der Waals surface area contributed by atoms with Crippen LogP contribution in [-0.4, -0.2) is 37.7 Å². The minimum absolute atomic E-state index is 0.120. The van der Waals surface area contributed by atoms with Crippen molar-refractivity contribution in [3.63, 3.8) is 0 Å². The van der Waals surface area contributed by atoms with Crippen LogP contribution in [0.1, 0.15) is 6.92 Å². The van der Waals surface area contributed by atoms with Crippen molar-refractivity contribution in [2.45, 2.75) is 13.0 Å². The lowest BCUT2D eigenvalue weighted by Crippen LogP contribution is -2.34. The van der Waals surface area contributed by atoms with E-state index < -0.39 is 0 Å². The van der Waals surface area contributed by atoms with E-state index in [1.54, 1.807) is 0 Å². The predicted molar refractivity (Wildman–Crippen MR) is 68.1 cm³/mol. The van der Waals surface area contributed by atoms with Crippen LogP contribution in [0.3, 0.4) is 0 Å². The third-order valence-electron chi connectivity index (χ3n) is 2.21. The van der Waals surface area contributed by atoms with Gasteiger partial charge in [0.15, 0.2) is 0 Å². The highest BCUT2D eigenvalue weighted by Gasteiger charge is 2.07. The SMILES string of the molecule is CC(CN(C)CCN)Oc1cccc(Cl)c1. The van der Waals surface area contributed by atoms with E-state index >= 15 is 0 Å². The van der Waals surface area contributed by atoms with Crippen molar-refractivity contribution in [2.75, 3.05) is 26.7 Å². The molecule has 0 spiro atoms. The highest BCUT2D eigenvalue weighted by Crippen LogP contribution is 2.18. The van der Waals surface area contributed by atoms with Crippen LogP contribution in [-0.2, 0) is 0 Å². The van der Waals surface area contributed by atoms with Gasteiger partial charge in [0, 0.05) is 24.7 Å². The monoisotopic (exact) mass is 242 g/mol. The van der Waals surface area contributed by atoms with E-state index in [2.05, 4.69) is 4.90 Å². The Morgan fingerprint density at radius 2 is 2.25 bits per heavy atom. The summed E-state index contributed by atoms with van der Waals surface area (Å²) in [5, 5.41) is 0.694. The molecule has 1 rings (SSSR count). The molecule has 1 aromatic rings. The first kappa shape index (κ1) is 13.3. The molecule has 0 aliphatic carbocycles. The second-order valence-corrected chi connectivity index (χ2v) is 4.37. The largest absolute Gasteiger partial charge is 0.489 e. The van der Waals surface area contributed by atoms with Crippen molar-refractivity contribution >= 4 is 11.6 Å². The number of rotatable bonds is 6. The van der Waals surface area contributed by atoms with Crippen LogP contribution in [0, 0.1) is 0 Å². The number of hydrogen-bond acceptors (Lipinski definition) is 3. The summed E-state index contributed by atoms with van der Waals surface area (Å²) >= 11 is 5.88. The fourth-order valence-electron chi connectivity index (χ4n) is 1.56. The van der Waals surface area contributed by atoms with Crippen molar-refractivity contribution in [1.29, 1.82) is 0 Å². The number of ether oxygens (including phenoxy) is 1. The minimum atomic E-state index is 0.120. The van der Waals surface area contributed by atoms with Crippen molar-refractivity contribution in [3.05, 3.63) is 29.3 Å². The molecule has 0 heterocycles. The summed E-state index contributed by atoms with van der Waals surface area (Å²) in [5.74, 6) is 0.807. The molecule has 1 atom stereocenters. The van der Waals surface area contributed by atoms with E-state index in [9.17, 15) is 0 Å². The van der Waals surface area contributed by atoms with Gasteiger partial charge in [0.25, 0.3) is 0 Å². The fourth-order valence-corrected chi connectivity index (χ4v) is 1.74. The van der Waals surface area contributed by atoms with Crippen LogP contribution < -0.4 is 10.5 Å². The topological polar surface area (TPSA) is 38.5 Å². The molecule has 2 N–H and O–H groups in total. The Labute approximate surface area is 102 Å². The Balaban J connectivity index is 2.42. The summed E-state index contributed by atoms with van der Waals surface area (Å²) in [6.07, 6.45) is 0.120. The maximum absolute atomic E-state index is 5.88. The smallest absolute Gasteiger partial charge is 0.121 e. The van der Waals surface area contributed by atoms with Crippen molar-refractivity contribution in [2.24, 2.45) is 5.73 Å². The number of hydrogen-bond donors (Lipinski definition) is 1. The Bertz CT molecular complexity index is 320. The minimum Gasteiger partial charge on any atom is -0.489 e. The summed E-state index contributed by atoms with van der Waals surface area (Å²) in [6.45, 7) is 4.43. The van der Waals surface area contributed by atoms with Crippen molar-refractivity contribution in [3.8, 4) is 5.75 Å². The van der Waals surface area contributed by atoms with Crippen LogP contribution in [0.4, 0.5) is 0 Å². The van der Waals surface area contributed by atoms with Gasteiger partial charge in [-0.05, 0) is 32.2 Å².